The predicted molar refractivity (Wildman–Crippen MR) is 40.6 cm³/mol. The Kier molecular flexibility index (Phi) is 2.32. The summed E-state index contributed by atoms with van der Waals surface area (Å²) in [5.74, 6) is 0. The van der Waals surface area contributed by atoms with Crippen molar-refractivity contribution in [2.24, 2.45) is 0 Å². The Bertz CT molecular complexity index is 106. The van der Waals surface area contributed by atoms with Crippen LogP contribution in [0.2, 0.25) is 0 Å². The molecule has 1 radical (unpaired) electrons. The fourth-order valence-electron chi connectivity index (χ4n) is 1.60. The van der Waals surface area contributed by atoms with Crippen molar-refractivity contribution in [2.75, 3.05) is 0 Å². The van der Waals surface area contributed by atoms with Gasteiger partial charge in [0.05, 0.1) is 11.6 Å². The van der Waals surface area contributed by atoms with Crippen LogP contribution in [0.1, 0.15) is 39.0 Å². The Morgan fingerprint density at radius 1 is 1.30 bits per heavy atom. The Hall–Kier alpha value is -0.0800. The lowest BCUT2D eigenvalue weighted by Crippen LogP contribution is -2.43. The lowest BCUT2D eigenvalue weighted by atomic mass is 9.79. The van der Waals surface area contributed by atoms with E-state index >= 15 is 0 Å². The van der Waals surface area contributed by atoms with Gasteiger partial charge in [0.15, 0.2) is 0 Å². The minimum atomic E-state index is -0.516. The van der Waals surface area contributed by atoms with Gasteiger partial charge in [0.25, 0.3) is 0 Å². The molecule has 0 saturated heterocycles. The zero-order valence-electron chi connectivity index (χ0n) is 6.56. The van der Waals surface area contributed by atoms with Gasteiger partial charge in [-0.2, -0.15) is 0 Å². The lowest BCUT2D eigenvalue weighted by Gasteiger charge is -2.34. The number of rotatable bonds is 1. The van der Waals surface area contributed by atoms with E-state index in [-0.39, 0.29) is 0 Å². The van der Waals surface area contributed by atoms with E-state index in [0.717, 1.165) is 25.7 Å². The molecule has 2 nitrogen and oxygen atoms in total. The number of hydrogen-bond donors (Lipinski definition) is 1. The molecule has 1 fully saturated rings. The van der Waals surface area contributed by atoms with Crippen LogP contribution in [0.15, 0.2) is 0 Å². The number of aliphatic hydroxyl groups excluding tert-OH is 1. The third-order valence-corrected chi connectivity index (χ3v) is 2.55. The molecule has 0 heterocycles. The Labute approximate surface area is 62.4 Å². The minimum absolute atomic E-state index is 0.451. The van der Waals surface area contributed by atoms with Gasteiger partial charge in [-0.15, -0.1) is 0 Å². The van der Waals surface area contributed by atoms with Crippen molar-refractivity contribution in [3.8, 4) is 0 Å². The molecule has 1 atom stereocenters. The maximum absolute atomic E-state index is 9.25. The molecule has 0 bridgehead atoms. The molecule has 10 heavy (non-hydrogen) atoms. The molecular weight excluding hydrogens is 126 g/mol. The fourth-order valence-corrected chi connectivity index (χ4v) is 1.60. The van der Waals surface area contributed by atoms with Crippen LogP contribution in [0.5, 0.6) is 0 Å². The lowest BCUT2D eigenvalue weighted by molar-refractivity contribution is 0.0691. The summed E-state index contributed by atoms with van der Waals surface area (Å²) in [5, 5.41) is 9.25. The highest BCUT2D eigenvalue weighted by Gasteiger charge is 2.32. The summed E-state index contributed by atoms with van der Waals surface area (Å²) in [6.45, 7) is 1.73. The Balaban J connectivity index is 2.48. The van der Waals surface area contributed by atoms with Gasteiger partial charge in [0.2, 0.25) is 0 Å². The van der Waals surface area contributed by atoms with Gasteiger partial charge in [0.1, 0.15) is 0 Å². The van der Waals surface area contributed by atoms with Crippen molar-refractivity contribution in [1.82, 2.24) is 5.73 Å². The molecule has 0 aliphatic heterocycles. The highest BCUT2D eigenvalue weighted by Crippen LogP contribution is 2.29. The summed E-state index contributed by atoms with van der Waals surface area (Å²) >= 11 is 0. The molecule has 2 N–H and O–H groups in total. The summed E-state index contributed by atoms with van der Waals surface area (Å²) in [7, 11) is 0. The summed E-state index contributed by atoms with van der Waals surface area (Å²) in [6.07, 6.45) is 4.79. The Morgan fingerprint density at radius 2 is 1.80 bits per heavy atom. The summed E-state index contributed by atoms with van der Waals surface area (Å²) in [6, 6.07) is 0. The van der Waals surface area contributed by atoms with Gasteiger partial charge >= 0.3 is 0 Å². The van der Waals surface area contributed by atoms with Gasteiger partial charge in [0, 0.05) is 0 Å². The average Bonchev–Trinajstić information content (AvgIpc) is 1.89. The normalized spacial score (nSPS) is 27.9. The monoisotopic (exact) mass is 142 g/mol. The zero-order valence-corrected chi connectivity index (χ0v) is 6.56. The first-order chi connectivity index (χ1) is 4.65. The van der Waals surface area contributed by atoms with Crippen LogP contribution in [0.25, 0.3) is 0 Å². The second-order valence-corrected chi connectivity index (χ2v) is 3.39. The molecule has 59 valence electrons. The van der Waals surface area contributed by atoms with Crippen molar-refractivity contribution in [2.45, 2.75) is 50.7 Å². The van der Waals surface area contributed by atoms with E-state index < -0.39 is 11.6 Å². The van der Waals surface area contributed by atoms with Crippen LogP contribution in [0.4, 0.5) is 0 Å². The third-order valence-electron chi connectivity index (χ3n) is 2.55. The van der Waals surface area contributed by atoms with Crippen molar-refractivity contribution in [3.63, 3.8) is 0 Å². The largest absolute Gasteiger partial charge is 0.391 e. The second-order valence-electron chi connectivity index (χ2n) is 3.39. The molecule has 1 saturated carbocycles. The molecule has 1 aliphatic rings. The fraction of sp³-hybridized carbons (Fsp3) is 1.00. The van der Waals surface area contributed by atoms with E-state index in [1.54, 1.807) is 6.92 Å². The van der Waals surface area contributed by atoms with Crippen LogP contribution in [-0.4, -0.2) is 16.7 Å². The van der Waals surface area contributed by atoms with E-state index in [0.29, 0.717) is 0 Å². The van der Waals surface area contributed by atoms with E-state index in [9.17, 15) is 5.11 Å². The van der Waals surface area contributed by atoms with E-state index in [1.165, 1.54) is 6.42 Å². The molecule has 1 aliphatic carbocycles. The first kappa shape index (κ1) is 8.02. The van der Waals surface area contributed by atoms with Crippen LogP contribution >= 0.6 is 0 Å². The molecule has 1 unspecified atom stereocenters. The molecule has 0 spiro atoms. The van der Waals surface area contributed by atoms with Crippen molar-refractivity contribution < 1.29 is 5.11 Å². The van der Waals surface area contributed by atoms with Crippen molar-refractivity contribution in [1.29, 1.82) is 0 Å². The maximum atomic E-state index is 9.25. The Morgan fingerprint density at radius 3 is 2.10 bits per heavy atom. The highest BCUT2D eigenvalue weighted by molar-refractivity contribution is 4.90. The summed E-state index contributed by atoms with van der Waals surface area (Å²) in [5.41, 5.74) is 7.31. The first-order valence-electron chi connectivity index (χ1n) is 4.08. The SMILES string of the molecule is CC(O)C1([NH])CCCCC1. The second kappa shape index (κ2) is 2.89. The first-order valence-corrected chi connectivity index (χ1v) is 4.08. The van der Waals surface area contributed by atoms with Gasteiger partial charge < -0.3 is 5.11 Å². The number of nitrogens with one attached hydrogen (secondary N) is 1. The summed E-state index contributed by atoms with van der Waals surface area (Å²) < 4.78 is 0. The smallest absolute Gasteiger partial charge is 0.0706 e. The minimum Gasteiger partial charge on any atom is -0.391 e. The van der Waals surface area contributed by atoms with Gasteiger partial charge in [-0.25, -0.2) is 5.73 Å². The van der Waals surface area contributed by atoms with Gasteiger partial charge in [-0.1, -0.05) is 19.3 Å². The molecule has 2 heteroatoms. The van der Waals surface area contributed by atoms with E-state index in [2.05, 4.69) is 0 Å². The average molecular weight is 142 g/mol. The maximum Gasteiger partial charge on any atom is 0.0706 e. The number of aliphatic hydroxyl groups is 1. The topological polar surface area (TPSA) is 44.0 Å². The number of hydrogen-bond acceptors (Lipinski definition) is 1. The van der Waals surface area contributed by atoms with Crippen molar-refractivity contribution >= 4 is 0 Å². The van der Waals surface area contributed by atoms with Crippen LogP contribution in [-0.2, 0) is 0 Å². The standard InChI is InChI=1S/C8H16NO/c1-7(10)8(9)5-3-2-4-6-8/h7,9-10H,2-6H2,1H3. The molecule has 0 amide bonds. The molecule has 1 rings (SSSR count). The molecular formula is C8H16NO. The van der Waals surface area contributed by atoms with Crippen LogP contribution in [0, 0.1) is 0 Å². The molecule has 0 aromatic rings. The van der Waals surface area contributed by atoms with Crippen molar-refractivity contribution in [3.05, 3.63) is 0 Å². The molecule has 0 aromatic carbocycles. The van der Waals surface area contributed by atoms with Crippen LogP contribution < -0.4 is 5.73 Å². The van der Waals surface area contributed by atoms with Gasteiger partial charge in [-0.3, -0.25) is 0 Å². The molecule has 0 aromatic heterocycles. The van der Waals surface area contributed by atoms with E-state index in [4.69, 9.17) is 5.73 Å². The van der Waals surface area contributed by atoms with E-state index in [1.807, 2.05) is 0 Å². The zero-order chi connectivity index (χ0) is 7.61. The van der Waals surface area contributed by atoms with Gasteiger partial charge in [-0.05, 0) is 19.8 Å². The third kappa shape index (κ3) is 1.50. The predicted octanol–water partition coefficient (Wildman–Crippen LogP) is 1.35. The summed E-state index contributed by atoms with van der Waals surface area (Å²) in [4.78, 5) is 0. The highest BCUT2D eigenvalue weighted by atomic mass is 16.3. The quantitative estimate of drug-likeness (QED) is 0.590. The van der Waals surface area contributed by atoms with Crippen LogP contribution in [0.3, 0.4) is 0 Å².